The first kappa shape index (κ1) is 13.6. The van der Waals surface area contributed by atoms with Crippen molar-refractivity contribution in [2.75, 3.05) is 19.6 Å². The van der Waals surface area contributed by atoms with E-state index in [0.29, 0.717) is 6.54 Å². The summed E-state index contributed by atoms with van der Waals surface area (Å²) in [6.07, 6.45) is 0.889. The van der Waals surface area contributed by atoms with Crippen LogP contribution in [-0.4, -0.2) is 30.6 Å². The number of carbonyl (C=O) groups excluding carboxylic acids is 1. The van der Waals surface area contributed by atoms with Gasteiger partial charge in [0.05, 0.1) is 0 Å². The highest BCUT2D eigenvalue weighted by Crippen LogP contribution is 2.06. The lowest BCUT2D eigenvalue weighted by Crippen LogP contribution is -2.40. The zero-order chi connectivity index (χ0) is 12.7. The van der Waals surface area contributed by atoms with Gasteiger partial charge in [0, 0.05) is 19.6 Å². The minimum absolute atomic E-state index is 0.0311. The van der Waals surface area contributed by atoms with Crippen molar-refractivity contribution in [3.63, 3.8) is 0 Å². The van der Waals surface area contributed by atoms with Crippen LogP contribution in [-0.2, 0) is 6.42 Å². The fourth-order valence-electron chi connectivity index (χ4n) is 1.82. The van der Waals surface area contributed by atoms with Gasteiger partial charge in [-0.1, -0.05) is 24.3 Å². The van der Waals surface area contributed by atoms with Crippen LogP contribution in [0.1, 0.15) is 25.0 Å². The number of amides is 2. The molecular weight excluding hydrogens is 212 g/mol. The Labute approximate surface area is 104 Å². The summed E-state index contributed by atoms with van der Waals surface area (Å²) in [6, 6.07) is 8.31. The van der Waals surface area contributed by atoms with E-state index in [9.17, 15) is 4.79 Å². The van der Waals surface area contributed by atoms with Crippen molar-refractivity contribution in [2.24, 2.45) is 0 Å². The standard InChI is InChI=1S/C14H22N2O/c1-4-16(5-2)14(17)15-11-10-13-9-7-6-8-12(13)3/h6-9H,4-5,10-11H2,1-3H3,(H,15,17). The van der Waals surface area contributed by atoms with Crippen LogP contribution in [0.15, 0.2) is 24.3 Å². The topological polar surface area (TPSA) is 32.3 Å². The number of aryl methyl sites for hydroxylation is 1. The zero-order valence-electron chi connectivity index (χ0n) is 11.0. The van der Waals surface area contributed by atoms with E-state index in [1.165, 1.54) is 11.1 Å². The van der Waals surface area contributed by atoms with Crippen LogP contribution in [0.5, 0.6) is 0 Å². The molecule has 17 heavy (non-hydrogen) atoms. The largest absolute Gasteiger partial charge is 0.338 e. The lowest BCUT2D eigenvalue weighted by molar-refractivity contribution is 0.203. The number of hydrogen-bond acceptors (Lipinski definition) is 1. The molecule has 0 aromatic heterocycles. The van der Waals surface area contributed by atoms with Gasteiger partial charge in [-0.25, -0.2) is 4.79 Å². The number of rotatable bonds is 5. The molecule has 0 heterocycles. The summed E-state index contributed by atoms with van der Waals surface area (Å²) in [5.74, 6) is 0. The Morgan fingerprint density at radius 2 is 1.88 bits per heavy atom. The quantitative estimate of drug-likeness (QED) is 0.834. The minimum Gasteiger partial charge on any atom is -0.338 e. The smallest absolute Gasteiger partial charge is 0.317 e. The minimum atomic E-state index is 0.0311. The van der Waals surface area contributed by atoms with Gasteiger partial charge in [-0.3, -0.25) is 0 Å². The molecule has 1 rings (SSSR count). The molecule has 0 bridgehead atoms. The van der Waals surface area contributed by atoms with Crippen LogP contribution >= 0.6 is 0 Å². The highest BCUT2D eigenvalue weighted by Gasteiger charge is 2.07. The molecule has 0 atom stereocenters. The van der Waals surface area contributed by atoms with E-state index < -0.39 is 0 Å². The average molecular weight is 234 g/mol. The summed E-state index contributed by atoms with van der Waals surface area (Å²) < 4.78 is 0. The Kier molecular flexibility index (Phi) is 5.53. The summed E-state index contributed by atoms with van der Waals surface area (Å²) in [6.45, 7) is 8.29. The molecule has 3 nitrogen and oxygen atoms in total. The normalized spacial score (nSPS) is 10.1. The Morgan fingerprint density at radius 1 is 1.24 bits per heavy atom. The third-order valence-corrected chi connectivity index (χ3v) is 2.98. The van der Waals surface area contributed by atoms with Crippen LogP contribution in [0.2, 0.25) is 0 Å². The second-order valence-corrected chi connectivity index (χ2v) is 4.08. The molecule has 3 heteroatoms. The maximum atomic E-state index is 11.7. The van der Waals surface area contributed by atoms with Gasteiger partial charge in [-0.2, -0.15) is 0 Å². The van der Waals surface area contributed by atoms with Crippen molar-refractivity contribution in [1.29, 1.82) is 0 Å². The number of urea groups is 1. The summed E-state index contributed by atoms with van der Waals surface area (Å²) >= 11 is 0. The van der Waals surface area contributed by atoms with E-state index in [1.54, 1.807) is 4.90 Å². The molecule has 1 aromatic rings. The predicted molar refractivity (Wildman–Crippen MR) is 71.2 cm³/mol. The number of carbonyl (C=O) groups is 1. The van der Waals surface area contributed by atoms with Crippen molar-refractivity contribution in [2.45, 2.75) is 27.2 Å². The fourth-order valence-corrected chi connectivity index (χ4v) is 1.82. The number of hydrogen-bond donors (Lipinski definition) is 1. The lowest BCUT2D eigenvalue weighted by Gasteiger charge is -2.19. The van der Waals surface area contributed by atoms with Crippen molar-refractivity contribution in [3.05, 3.63) is 35.4 Å². The van der Waals surface area contributed by atoms with Gasteiger partial charge in [-0.15, -0.1) is 0 Å². The second-order valence-electron chi connectivity index (χ2n) is 4.08. The van der Waals surface area contributed by atoms with Crippen LogP contribution < -0.4 is 5.32 Å². The molecule has 2 amide bonds. The van der Waals surface area contributed by atoms with Gasteiger partial charge in [0.1, 0.15) is 0 Å². The first-order valence-corrected chi connectivity index (χ1v) is 6.26. The molecule has 1 N–H and O–H groups in total. The van der Waals surface area contributed by atoms with E-state index in [2.05, 4.69) is 24.4 Å². The summed E-state index contributed by atoms with van der Waals surface area (Å²) in [5, 5.41) is 2.95. The van der Waals surface area contributed by atoms with Crippen molar-refractivity contribution < 1.29 is 4.79 Å². The monoisotopic (exact) mass is 234 g/mol. The number of nitrogens with one attached hydrogen (secondary N) is 1. The SMILES string of the molecule is CCN(CC)C(=O)NCCc1ccccc1C. The van der Waals surface area contributed by atoms with Crippen LogP contribution in [0.4, 0.5) is 4.79 Å². The highest BCUT2D eigenvalue weighted by molar-refractivity contribution is 5.74. The molecule has 0 saturated carbocycles. The third kappa shape index (κ3) is 4.10. The molecule has 94 valence electrons. The van der Waals surface area contributed by atoms with Crippen LogP contribution in [0.25, 0.3) is 0 Å². The van der Waals surface area contributed by atoms with Crippen LogP contribution in [0.3, 0.4) is 0 Å². The van der Waals surface area contributed by atoms with Gasteiger partial charge in [0.2, 0.25) is 0 Å². The molecular formula is C14H22N2O. The molecule has 0 radical (unpaired) electrons. The van der Waals surface area contributed by atoms with E-state index in [4.69, 9.17) is 0 Å². The average Bonchev–Trinajstić information content (AvgIpc) is 2.33. The summed E-state index contributed by atoms with van der Waals surface area (Å²) in [5.41, 5.74) is 2.58. The summed E-state index contributed by atoms with van der Waals surface area (Å²) in [4.78, 5) is 13.5. The van der Waals surface area contributed by atoms with E-state index in [1.807, 2.05) is 26.0 Å². The van der Waals surface area contributed by atoms with E-state index in [0.717, 1.165) is 19.5 Å². The number of benzene rings is 1. The molecule has 0 aliphatic rings. The Bertz CT molecular complexity index is 359. The Balaban J connectivity index is 2.38. The van der Waals surface area contributed by atoms with E-state index in [-0.39, 0.29) is 6.03 Å². The van der Waals surface area contributed by atoms with Crippen molar-refractivity contribution in [1.82, 2.24) is 10.2 Å². The molecule has 0 unspecified atom stereocenters. The van der Waals surface area contributed by atoms with Gasteiger partial charge in [0.15, 0.2) is 0 Å². The lowest BCUT2D eigenvalue weighted by atomic mass is 10.1. The first-order valence-electron chi connectivity index (χ1n) is 6.26. The van der Waals surface area contributed by atoms with Gasteiger partial charge >= 0.3 is 6.03 Å². The van der Waals surface area contributed by atoms with Crippen molar-refractivity contribution in [3.8, 4) is 0 Å². The summed E-state index contributed by atoms with van der Waals surface area (Å²) in [7, 11) is 0. The maximum Gasteiger partial charge on any atom is 0.317 e. The fraction of sp³-hybridized carbons (Fsp3) is 0.500. The number of nitrogens with zero attached hydrogens (tertiary/aromatic N) is 1. The van der Waals surface area contributed by atoms with Gasteiger partial charge in [0.25, 0.3) is 0 Å². The molecule has 0 aliphatic carbocycles. The van der Waals surface area contributed by atoms with Crippen molar-refractivity contribution >= 4 is 6.03 Å². The molecule has 1 aromatic carbocycles. The molecule has 0 aliphatic heterocycles. The van der Waals surface area contributed by atoms with E-state index >= 15 is 0 Å². The highest BCUT2D eigenvalue weighted by atomic mass is 16.2. The maximum absolute atomic E-state index is 11.7. The zero-order valence-corrected chi connectivity index (χ0v) is 11.0. The molecule has 0 fully saturated rings. The van der Waals surface area contributed by atoms with Crippen LogP contribution in [0, 0.1) is 6.92 Å². The Hall–Kier alpha value is -1.51. The third-order valence-electron chi connectivity index (χ3n) is 2.98. The first-order chi connectivity index (χ1) is 8.19. The predicted octanol–water partition coefficient (Wildman–Crippen LogP) is 2.59. The molecule has 0 spiro atoms. The van der Waals surface area contributed by atoms with Gasteiger partial charge in [-0.05, 0) is 38.3 Å². The molecule has 0 saturated heterocycles. The second kappa shape index (κ2) is 6.94. The Morgan fingerprint density at radius 3 is 2.47 bits per heavy atom. The van der Waals surface area contributed by atoms with Gasteiger partial charge < -0.3 is 10.2 Å².